The van der Waals surface area contributed by atoms with Crippen LogP contribution in [0.4, 0.5) is 5.69 Å². The van der Waals surface area contributed by atoms with E-state index in [4.69, 9.17) is 16.3 Å². The van der Waals surface area contributed by atoms with Crippen molar-refractivity contribution in [2.45, 2.75) is 19.3 Å². The predicted molar refractivity (Wildman–Crippen MR) is 84.4 cm³/mol. The van der Waals surface area contributed by atoms with Crippen molar-refractivity contribution in [1.82, 2.24) is 0 Å². The smallest absolute Gasteiger partial charge is 0.259 e. The van der Waals surface area contributed by atoms with Gasteiger partial charge in [-0.05, 0) is 60.7 Å². The summed E-state index contributed by atoms with van der Waals surface area (Å²) >= 11 is 5.96. The monoisotopic (exact) mass is 301 g/mol. The molecule has 0 aromatic heterocycles. The SMILES string of the molecule is COc1ccc(Cl)cc1C(=O)Nc1ccc2c(c1)CCC2. The quantitative estimate of drug-likeness (QED) is 0.927. The lowest BCUT2D eigenvalue weighted by Gasteiger charge is -2.11. The fourth-order valence-corrected chi connectivity index (χ4v) is 2.88. The summed E-state index contributed by atoms with van der Waals surface area (Å²) in [5.74, 6) is 0.297. The standard InChI is InChI=1S/C17H16ClNO2/c1-21-16-8-6-13(18)10-15(16)17(20)19-14-7-5-11-3-2-4-12(11)9-14/h5-10H,2-4H2,1H3,(H,19,20). The van der Waals surface area contributed by atoms with Gasteiger partial charge in [-0.3, -0.25) is 4.79 Å². The molecule has 0 atom stereocenters. The minimum absolute atomic E-state index is 0.215. The van der Waals surface area contributed by atoms with E-state index in [-0.39, 0.29) is 5.91 Å². The summed E-state index contributed by atoms with van der Waals surface area (Å²) < 4.78 is 5.21. The first kappa shape index (κ1) is 14.0. The minimum Gasteiger partial charge on any atom is -0.496 e. The third kappa shape index (κ3) is 2.88. The van der Waals surface area contributed by atoms with Crippen molar-refractivity contribution in [1.29, 1.82) is 0 Å². The molecule has 0 fully saturated rings. The first-order chi connectivity index (χ1) is 10.2. The van der Waals surface area contributed by atoms with E-state index in [1.807, 2.05) is 6.07 Å². The molecular weight excluding hydrogens is 286 g/mol. The first-order valence-electron chi connectivity index (χ1n) is 6.94. The number of ether oxygens (including phenoxy) is 1. The summed E-state index contributed by atoms with van der Waals surface area (Å²) in [7, 11) is 1.54. The van der Waals surface area contributed by atoms with Crippen molar-refractivity contribution in [3.05, 3.63) is 58.1 Å². The second kappa shape index (κ2) is 5.78. The second-order valence-electron chi connectivity index (χ2n) is 5.14. The van der Waals surface area contributed by atoms with Gasteiger partial charge >= 0.3 is 0 Å². The molecule has 0 saturated carbocycles. The zero-order valence-corrected chi connectivity index (χ0v) is 12.5. The van der Waals surface area contributed by atoms with Gasteiger partial charge in [0, 0.05) is 10.7 Å². The van der Waals surface area contributed by atoms with E-state index in [1.54, 1.807) is 18.2 Å². The van der Waals surface area contributed by atoms with Gasteiger partial charge in [0.1, 0.15) is 5.75 Å². The average Bonchev–Trinajstić information content (AvgIpc) is 2.94. The molecule has 0 bridgehead atoms. The van der Waals surface area contributed by atoms with Crippen LogP contribution in [0.1, 0.15) is 27.9 Å². The zero-order chi connectivity index (χ0) is 14.8. The van der Waals surface area contributed by atoms with Gasteiger partial charge in [0.05, 0.1) is 12.7 Å². The number of nitrogens with one attached hydrogen (secondary N) is 1. The largest absolute Gasteiger partial charge is 0.496 e. The summed E-state index contributed by atoms with van der Waals surface area (Å²) in [6, 6.07) is 11.1. The molecule has 0 spiro atoms. The molecule has 1 aliphatic carbocycles. The van der Waals surface area contributed by atoms with E-state index in [0.717, 1.165) is 18.5 Å². The van der Waals surface area contributed by atoms with Crippen molar-refractivity contribution in [2.75, 3.05) is 12.4 Å². The number of fused-ring (bicyclic) bond motifs is 1. The Morgan fingerprint density at radius 1 is 1.14 bits per heavy atom. The van der Waals surface area contributed by atoms with Gasteiger partial charge < -0.3 is 10.1 Å². The topological polar surface area (TPSA) is 38.3 Å². The summed E-state index contributed by atoms with van der Waals surface area (Å²) in [6.07, 6.45) is 3.40. The Bertz CT molecular complexity index is 697. The highest BCUT2D eigenvalue weighted by Crippen LogP contribution is 2.27. The van der Waals surface area contributed by atoms with Crippen molar-refractivity contribution in [3.63, 3.8) is 0 Å². The molecule has 0 unspecified atom stereocenters. The maximum atomic E-state index is 12.4. The number of amides is 1. The Balaban J connectivity index is 1.85. The number of rotatable bonds is 3. The van der Waals surface area contributed by atoms with Crippen LogP contribution in [0.25, 0.3) is 0 Å². The lowest BCUT2D eigenvalue weighted by Crippen LogP contribution is -2.13. The van der Waals surface area contributed by atoms with Crippen LogP contribution in [0, 0.1) is 0 Å². The molecule has 1 aliphatic rings. The lowest BCUT2D eigenvalue weighted by atomic mass is 10.1. The molecule has 21 heavy (non-hydrogen) atoms. The van der Waals surface area contributed by atoms with E-state index in [2.05, 4.69) is 17.4 Å². The molecule has 2 aromatic rings. The molecule has 0 heterocycles. The predicted octanol–water partition coefficient (Wildman–Crippen LogP) is 4.09. The number of aryl methyl sites for hydroxylation is 2. The van der Waals surface area contributed by atoms with Gasteiger partial charge in [-0.25, -0.2) is 0 Å². The Morgan fingerprint density at radius 2 is 1.95 bits per heavy atom. The van der Waals surface area contributed by atoms with Crippen molar-refractivity contribution in [2.24, 2.45) is 0 Å². The van der Waals surface area contributed by atoms with Gasteiger partial charge in [0.15, 0.2) is 0 Å². The highest BCUT2D eigenvalue weighted by molar-refractivity contribution is 6.31. The van der Waals surface area contributed by atoms with Crippen LogP contribution in [0.2, 0.25) is 5.02 Å². The molecule has 4 heteroatoms. The lowest BCUT2D eigenvalue weighted by molar-refractivity contribution is 0.102. The molecule has 3 rings (SSSR count). The van der Waals surface area contributed by atoms with E-state index in [1.165, 1.54) is 24.7 Å². The van der Waals surface area contributed by atoms with Crippen LogP contribution >= 0.6 is 11.6 Å². The summed E-state index contributed by atoms with van der Waals surface area (Å²) in [5, 5.41) is 3.42. The molecule has 1 amide bonds. The molecule has 1 N–H and O–H groups in total. The number of methoxy groups -OCH3 is 1. The zero-order valence-electron chi connectivity index (χ0n) is 11.8. The molecule has 3 nitrogen and oxygen atoms in total. The third-order valence-electron chi connectivity index (χ3n) is 3.76. The van der Waals surface area contributed by atoms with Crippen molar-refractivity contribution < 1.29 is 9.53 Å². The van der Waals surface area contributed by atoms with Crippen LogP contribution < -0.4 is 10.1 Å². The number of benzene rings is 2. The van der Waals surface area contributed by atoms with Crippen LogP contribution in [0.3, 0.4) is 0 Å². The van der Waals surface area contributed by atoms with Crippen LogP contribution in [0.15, 0.2) is 36.4 Å². The molecule has 0 aliphatic heterocycles. The number of anilines is 1. The van der Waals surface area contributed by atoms with Crippen molar-refractivity contribution >= 4 is 23.2 Å². The Kier molecular flexibility index (Phi) is 3.84. The Hall–Kier alpha value is -2.00. The van der Waals surface area contributed by atoms with E-state index < -0.39 is 0 Å². The average molecular weight is 302 g/mol. The first-order valence-corrected chi connectivity index (χ1v) is 7.32. The summed E-state index contributed by atoms with van der Waals surface area (Å²) in [4.78, 5) is 12.4. The number of halogens is 1. The fourth-order valence-electron chi connectivity index (χ4n) is 2.71. The maximum absolute atomic E-state index is 12.4. The summed E-state index contributed by atoms with van der Waals surface area (Å²) in [6.45, 7) is 0. The molecule has 108 valence electrons. The molecule has 2 aromatic carbocycles. The van der Waals surface area contributed by atoms with E-state index >= 15 is 0 Å². The van der Waals surface area contributed by atoms with Gasteiger partial charge in [-0.2, -0.15) is 0 Å². The van der Waals surface area contributed by atoms with Gasteiger partial charge in [-0.15, -0.1) is 0 Å². The van der Waals surface area contributed by atoms with E-state index in [9.17, 15) is 4.79 Å². The van der Waals surface area contributed by atoms with Gasteiger partial charge in [0.25, 0.3) is 5.91 Å². The fraction of sp³-hybridized carbons (Fsp3) is 0.235. The molecule has 0 saturated heterocycles. The van der Waals surface area contributed by atoms with E-state index in [0.29, 0.717) is 16.3 Å². The van der Waals surface area contributed by atoms with Crippen molar-refractivity contribution in [3.8, 4) is 5.75 Å². The van der Waals surface area contributed by atoms with Gasteiger partial charge in [-0.1, -0.05) is 17.7 Å². The highest BCUT2D eigenvalue weighted by Gasteiger charge is 2.15. The van der Waals surface area contributed by atoms with Crippen LogP contribution in [0.5, 0.6) is 5.75 Å². The number of carbonyl (C=O) groups excluding carboxylic acids is 1. The second-order valence-corrected chi connectivity index (χ2v) is 5.57. The number of hydrogen-bond acceptors (Lipinski definition) is 2. The Labute approximate surface area is 128 Å². The van der Waals surface area contributed by atoms with Crippen LogP contribution in [-0.2, 0) is 12.8 Å². The number of carbonyl (C=O) groups is 1. The molecule has 0 radical (unpaired) electrons. The number of hydrogen-bond donors (Lipinski definition) is 1. The normalized spacial score (nSPS) is 12.9. The third-order valence-corrected chi connectivity index (χ3v) is 4.00. The Morgan fingerprint density at radius 3 is 2.76 bits per heavy atom. The maximum Gasteiger partial charge on any atom is 0.259 e. The van der Waals surface area contributed by atoms with Gasteiger partial charge in [0.2, 0.25) is 0 Å². The highest BCUT2D eigenvalue weighted by atomic mass is 35.5. The van der Waals surface area contributed by atoms with Crippen LogP contribution in [-0.4, -0.2) is 13.0 Å². The minimum atomic E-state index is -0.215. The summed E-state index contributed by atoms with van der Waals surface area (Å²) in [5.41, 5.74) is 3.95. The molecular formula is C17H16ClNO2.